The molecule has 0 bridgehead atoms. The molecular formula is C9H10N2O. The molecule has 1 aromatic heterocycles. The summed E-state index contributed by atoms with van der Waals surface area (Å²) in [6.45, 7) is 0.479. The molecule has 12 heavy (non-hydrogen) atoms. The van der Waals surface area contributed by atoms with Gasteiger partial charge in [-0.15, -0.1) is 0 Å². The second-order valence-electron chi connectivity index (χ2n) is 2.24. The Morgan fingerprint density at radius 3 is 2.83 bits per heavy atom. The number of nitrogens with two attached hydrogens (primary N) is 1. The fourth-order valence-corrected chi connectivity index (χ4v) is 0.816. The summed E-state index contributed by atoms with van der Waals surface area (Å²) in [4.78, 5) is 14.3. The van der Waals surface area contributed by atoms with Crippen LogP contribution in [0.25, 0.3) is 6.08 Å². The summed E-state index contributed by atoms with van der Waals surface area (Å²) in [5, 5.41) is 0. The first-order valence-corrected chi connectivity index (χ1v) is 3.65. The number of aldehydes is 1. The minimum absolute atomic E-state index is 0.439. The van der Waals surface area contributed by atoms with Crippen LogP contribution < -0.4 is 5.73 Å². The van der Waals surface area contributed by atoms with E-state index in [1.54, 1.807) is 24.3 Å². The quantitative estimate of drug-likeness (QED) is 0.671. The topological polar surface area (TPSA) is 56.0 Å². The maximum Gasteiger partial charge on any atom is 0.168 e. The van der Waals surface area contributed by atoms with Gasteiger partial charge in [0.15, 0.2) is 6.29 Å². The molecule has 0 fully saturated rings. The number of nitrogens with zero attached hydrogens (tertiary/aromatic N) is 1. The highest BCUT2D eigenvalue weighted by Crippen LogP contribution is 1.98. The third kappa shape index (κ3) is 2.29. The first-order chi connectivity index (χ1) is 5.86. The van der Waals surface area contributed by atoms with E-state index in [0.717, 1.165) is 12.0 Å². The highest BCUT2D eigenvalue weighted by atomic mass is 16.1. The van der Waals surface area contributed by atoms with Crippen LogP contribution in [0.15, 0.2) is 24.3 Å². The minimum Gasteiger partial charge on any atom is -0.327 e. The Hall–Kier alpha value is -1.48. The fourth-order valence-electron chi connectivity index (χ4n) is 0.816. The van der Waals surface area contributed by atoms with E-state index < -0.39 is 0 Å². The summed E-state index contributed by atoms with van der Waals surface area (Å²) in [6, 6.07) is 5.26. The molecular weight excluding hydrogens is 152 g/mol. The van der Waals surface area contributed by atoms with Crippen LogP contribution in [0.2, 0.25) is 0 Å². The van der Waals surface area contributed by atoms with E-state index in [1.165, 1.54) is 0 Å². The first-order valence-electron chi connectivity index (χ1n) is 3.65. The molecule has 0 spiro atoms. The van der Waals surface area contributed by atoms with Gasteiger partial charge in [0, 0.05) is 6.54 Å². The van der Waals surface area contributed by atoms with Gasteiger partial charge in [-0.1, -0.05) is 12.1 Å². The average Bonchev–Trinajstić information content (AvgIpc) is 2.15. The van der Waals surface area contributed by atoms with Crippen molar-refractivity contribution in [3.05, 3.63) is 35.7 Å². The molecule has 0 aromatic carbocycles. The summed E-state index contributed by atoms with van der Waals surface area (Å²) in [6.07, 6.45) is 4.30. The molecule has 1 rings (SSSR count). The molecule has 0 unspecified atom stereocenters. The molecule has 3 heteroatoms. The highest BCUT2D eigenvalue weighted by Gasteiger charge is 1.90. The Balaban J connectivity index is 2.86. The van der Waals surface area contributed by atoms with Gasteiger partial charge in [0.25, 0.3) is 0 Å². The van der Waals surface area contributed by atoms with Crippen LogP contribution in [0.1, 0.15) is 16.2 Å². The maximum atomic E-state index is 10.3. The zero-order valence-electron chi connectivity index (χ0n) is 6.60. The Kier molecular flexibility index (Phi) is 3.17. The van der Waals surface area contributed by atoms with Gasteiger partial charge in [0.2, 0.25) is 0 Å². The standard InChI is InChI=1S/C9H10N2O/c10-6-2-5-8-3-1-4-9(7-12)11-8/h1-5,7H,6,10H2. The molecule has 0 aliphatic carbocycles. The van der Waals surface area contributed by atoms with Gasteiger partial charge < -0.3 is 5.73 Å². The van der Waals surface area contributed by atoms with Gasteiger partial charge in [-0.2, -0.15) is 0 Å². The smallest absolute Gasteiger partial charge is 0.168 e. The van der Waals surface area contributed by atoms with Crippen LogP contribution in [-0.2, 0) is 0 Å². The van der Waals surface area contributed by atoms with Crippen molar-refractivity contribution in [3.63, 3.8) is 0 Å². The number of hydrogen-bond acceptors (Lipinski definition) is 3. The molecule has 1 aromatic rings. The molecule has 0 radical (unpaired) electrons. The summed E-state index contributed by atoms with van der Waals surface area (Å²) in [5.74, 6) is 0. The van der Waals surface area contributed by atoms with Crippen LogP contribution in [0, 0.1) is 0 Å². The largest absolute Gasteiger partial charge is 0.327 e. The SMILES string of the molecule is NCC=Cc1cccc(C=O)n1. The summed E-state index contributed by atoms with van der Waals surface area (Å²) >= 11 is 0. The maximum absolute atomic E-state index is 10.3. The van der Waals surface area contributed by atoms with Crippen LogP contribution >= 0.6 is 0 Å². The Bertz CT molecular complexity index is 294. The molecule has 0 atom stereocenters. The van der Waals surface area contributed by atoms with Crippen LogP contribution in [0.4, 0.5) is 0 Å². The molecule has 62 valence electrons. The third-order valence-electron chi connectivity index (χ3n) is 1.34. The van der Waals surface area contributed by atoms with Crippen molar-refractivity contribution in [2.75, 3.05) is 6.54 Å². The van der Waals surface area contributed by atoms with Crippen molar-refractivity contribution in [3.8, 4) is 0 Å². The van der Waals surface area contributed by atoms with Gasteiger partial charge in [0.05, 0.1) is 5.69 Å². The highest BCUT2D eigenvalue weighted by molar-refractivity contribution is 5.72. The summed E-state index contributed by atoms with van der Waals surface area (Å²) in [7, 11) is 0. The second kappa shape index (κ2) is 4.41. The third-order valence-corrected chi connectivity index (χ3v) is 1.34. The molecule has 0 saturated carbocycles. The zero-order valence-corrected chi connectivity index (χ0v) is 6.60. The van der Waals surface area contributed by atoms with Gasteiger partial charge in [-0.3, -0.25) is 4.79 Å². The average molecular weight is 162 g/mol. The van der Waals surface area contributed by atoms with E-state index >= 15 is 0 Å². The predicted molar refractivity (Wildman–Crippen MR) is 47.7 cm³/mol. The van der Waals surface area contributed by atoms with Crippen molar-refractivity contribution >= 4 is 12.4 Å². The molecule has 2 N–H and O–H groups in total. The Morgan fingerprint density at radius 2 is 2.17 bits per heavy atom. The Morgan fingerprint density at radius 1 is 1.42 bits per heavy atom. The van der Waals surface area contributed by atoms with Crippen molar-refractivity contribution in [2.24, 2.45) is 5.73 Å². The van der Waals surface area contributed by atoms with Crippen LogP contribution in [0.5, 0.6) is 0 Å². The molecule has 1 heterocycles. The predicted octanol–water partition coefficient (Wildman–Crippen LogP) is 0.866. The fraction of sp³-hybridized carbons (Fsp3) is 0.111. The summed E-state index contributed by atoms with van der Waals surface area (Å²) < 4.78 is 0. The molecule has 0 amide bonds. The Labute approximate surface area is 70.9 Å². The molecule has 0 saturated heterocycles. The van der Waals surface area contributed by atoms with E-state index in [1.807, 2.05) is 6.07 Å². The second-order valence-corrected chi connectivity index (χ2v) is 2.24. The molecule has 0 aliphatic heterocycles. The van der Waals surface area contributed by atoms with Gasteiger partial charge >= 0.3 is 0 Å². The normalized spacial score (nSPS) is 10.4. The lowest BCUT2D eigenvalue weighted by molar-refractivity contribution is 0.111. The van der Waals surface area contributed by atoms with E-state index in [-0.39, 0.29) is 0 Å². The number of pyridine rings is 1. The van der Waals surface area contributed by atoms with Gasteiger partial charge in [0.1, 0.15) is 5.69 Å². The number of carbonyl (C=O) groups is 1. The van der Waals surface area contributed by atoms with Crippen molar-refractivity contribution in [1.82, 2.24) is 4.98 Å². The van der Waals surface area contributed by atoms with Crippen LogP contribution in [-0.4, -0.2) is 17.8 Å². The van der Waals surface area contributed by atoms with E-state index in [4.69, 9.17) is 5.73 Å². The first kappa shape index (κ1) is 8.62. The van der Waals surface area contributed by atoms with Crippen molar-refractivity contribution < 1.29 is 4.79 Å². The molecule has 0 aliphatic rings. The number of rotatable bonds is 3. The lowest BCUT2D eigenvalue weighted by Crippen LogP contribution is -1.93. The van der Waals surface area contributed by atoms with E-state index in [2.05, 4.69) is 4.98 Å². The lowest BCUT2D eigenvalue weighted by Gasteiger charge is -1.92. The van der Waals surface area contributed by atoms with E-state index in [0.29, 0.717) is 12.2 Å². The minimum atomic E-state index is 0.439. The summed E-state index contributed by atoms with van der Waals surface area (Å²) in [5.41, 5.74) is 6.46. The number of hydrogen-bond donors (Lipinski definition) is 1. The van der Waals surface area contributed by atoms with Crippen molar-refractivity contribution in [2.45, 2.75) is 0 Å². The van der Waals surface area contributed by atoms with Gasteiger partial charge in [-0.25, -0.2) is 4.98 Å². The van der Waals surface area contributed by atoms with E-state index in [9.17, 15) is 4.79 Å². The molecule has 3 nitrogen and oxygen atoms in total. The lowest BCUT2D eigenvalue weighted by atomic mass is 10.3. The monoisotopic (exact) mass is 162 g/mol. The van der Waals surface area contributed by atoms with Crippen LogP contribution in [0.3, 0.4) is 0 Å². The number of aromatic nitrogens is 1. The van der Waals surface area contributed by atoms with Crippen molar-refractivity contribution in [1.29, 1.82) is 0 Å². The zero-order chi connectivity index (χ0) is 8.81. The van der Waals surface area contributed by atoms with Gasteiger partial charge in [-0.05, 0) is 18.2 Å². The number of carbonyl (C=O) groups excluding carboxylic acids is 1.